The van der Waals surface area contributed by atoms with Crippen LogP contribution in [0.4, 0.5) is 4.39 Å². The van der Waals surface area contributed by atoms with E-state index in [4.69, 9.17) is 0 Å². The highest BCUT2D eigenvalue weighted by molar-refractivity contribution is 9.10. The van der Waals surface area contributed by atoms with Crippen LogP contribution < -0.4 is 5.32 Å². The van der Waals surface area contributed by atoms with E-state index in [9.17, 15) is 4.39 Å². The summed E-state index contributed by atoms with van der Waals surface area (Å²) >= 11 is 5.45. The van der Waals surface area contributed by atoms with E-state index in [2.05, 4.69) is 28.2 Å². The normalized spacial score (nSPS) is 21.7. The second kappa shape index (κ2) is 6.21. The Kier molecular flexibility index (Phi) is 4.88. The van der Waals surface area contributed by atoms with Crippen molar-refractivity contribution in [3.8, 4) is 0 Å². The quantitative estimate of drug-likeness (QED) is 0.901. The van der Waals surface area contributed by atoms with E-state index in [-0.39, 0.29) is 11.9 Å². The molecule has 17 heavy (non-hydrogen) atoms. The number of hydrogen-bond donors (Lipinski definition) is 1. The lowest BCUT2D eigenvalue weighted by Gasteiger charge is -2.18. The lowest BCUT2D eigenvalue weighted by atomic mass is 10.1. The molecule has 0 bridgehead atoms. The first-order valence-corrected chi connectivity index (χ1v) is 7.87. The monoisotopic (exact) mass is 317 g/mol. The lowest BCUT2D eigenvalue weighted by molar-refractivity contribution is 0.476. The third-order valence-electron chi connectivity index (χ3n) is 3.17. The van der Waals surface area contributed by atoms with E-state index in [1.54, 1.807) is 0 Å². The predicted octanol–water partition coefficient (Wildman–Crippen LogP) is 3.99. The van der Waals surface area contributed by atoms with Gasteiger partial charge in [-0.3, -0.25) is 0 Å². The van der Waals surface area contributed by atoms with Gasteiger partial charge in [-0.1, -0.05) is 22.0 Å². The molecular weight excluding hydrogens is 301 g/mol. The molecule has 1 aliphatic rings. The smallest absolute Gasteiger partial charge is 0.124 e. The molecule has 2 unspecified atom stereocenters. The van der Waals surface area contributed by atoms with Crippen molar-refractivity contribution < 1.29 is 4.39 Å². The molecule has 0 amide bonds. The van der Waals surface area contributed by atoms with Crippen LogP contribution in [-0.4, -0.2) is 18.1 Å². The van der Waals surface area contributed by atoms with Crippen molar-refractivity contribution in [2.75, 3.05) is 18.1 Å². The summed E-state index contributed by atoms with van der Waals surface area (Å²) in [5, 5.41) is 3.54. The zero-order valence-electron chi connectivity index (χ0n) is 9.88. The molecule has 0 spiro atoms. The minimum atomic E-state index is -0.194. The average molecular weight is 318 g/mol. The number of rotatable bonds is 4. The summed E-state index contributed by atoms with van der Waals surface area (Å²) in [5.74, 6) is 3.16. The van der Waals surface area contributed by atoms with Gasteiger partial charge in [0.2, 0.25) is 0 Å². The zero-order valence-corrected chi connectivity index (χ0v) is 12.3. The van der Waals surface area contributed by atoms with Crippen LogP contribution in [-0.2, 0) is 0 Å². The van der Waals surface area contributed by atoms with Crippen molar-refractivity contribution in [3.05, 3.63) is 34.1 Å². The van der Waals surface area contributed by atoms with Crippen LogP contribution in [0.15, 0.2) is 22.7 Å². The topological polar surface area (TPSA) is 12.0 Å². The largest absolute Gasteiger partial charge is 0.310 e. The van der Waals surface area contributed by atoms with Crippen molar-refractivity contribution >= 4 is 27.7 Å². The summed E-state index contributed by atoms with van der Waals surface area (Å²) in [6, 6.07) is 5.15. The number of thioether (sulfide) groups is 1. The number of hydrogen-bond acceptors (Lipinski definition) is 2. The molecule has 4 heteroatoms. The van der Waals surface area contributed by atoms with Crippen LogP contribution in [0, 0.1) is 11.7 Å². The highest BCUT2D eigenvalue weighted by Crippen LogP contribution is 2.26. The van der Waals surface area contributed by atoms with Crippen molar-refractivity contribution in [2.45, 2.75) is 19.4 Å². The first-order chi connectivity index (χ1) is 8.16. The molecule has 2 atom stereocenters. The molecule has 1 aromatic rings. The fourth-order valence-electron chi connectivity index (χ4n) is 2.05. The van der Waals surface area contributed by atoms with Crippen LogP contribution in [0.1, 0.15) is 24.9 Å². The molecule has 0 aromatic heterocycles. The van der Waals surface area contributed by atoms with E-state index < -0.39 is 0 Å². The molecular formula is C13H17BrFNS. The predicted molar refractivity (Wildman–Crippen MR) is 75.9 cm³/mol. The van der Waals surface area contributed by atoms with Crippen molar-refractivity contribution in [2.24, 2.45) is 5.92 Å². The molecule has 2 rings (SSSR count). The van der Waals surface area contributed by atoms with Gasteiger partial charge in [0.1, 0.15) is 5.82 Å². The Bertz CT molecular complexity index is 380. The molecule has 0 radical (unpaired) electrons. The first-order valence-electron chi connectivity index (χ1n) is 5.93. The van der Waals surface area contributed by atoms with E-state index in [0.29, 0.717) is 0 Å². The van der Waals surface area contributed by atoms with Crippen molar-refractivity contribution in [3.63, 3.8) is 0 Å². The number of nitrogens with one attached hydrogen (secondary N) is 1. The van der Waals surface area contributed by atoms with Crippen LogP contribution >= 0.6 is 27.7 Å². The average Bonchev–Trinajstić information content (AvgIpc) is 2.78. The Labute approximate surface area is 115 Å². The molecule has 1 nitrogen and oxygen atoms in total. The Hall–Kier alpha value is -0.0600. The van der Waals surface area contributed by atoms with Gasteiger partial charge >= 0.3 is 0 Å². The Morgan fingerprint density at radius 2 is 2.41 bits per heavy atom. The summed E-state index contributed by atoms with van der Waals surface area (Å²) in [6.07, 6.45) is 1.31. The molecule has 0 saturated carbocycles. The summed E-state index contributed by atoms with van der Waals surface area (Å²) in [5.41, 5.74) is 1.12. The molecule has 1 aromatic carbocycles. The fourth-order valence-corrected chi connectivity index (χ4v) is 4.03. The summed E-state index contributed by atoms with van der Waals surface area (Å²) < 4.78 is 13.8. The van der Waals surface area contributed by atoms with Gasteiger partial charge in [0, 0.05) is 10.5 Å². The minimum Gasteiger partial charge on any atom is -0.310 e. The Morgan fingerprint density at radius 1 is 1.59 bits per heavy atom. The molecule has 1 N–H and O–H groups in total. The summed E-state index contributed by atoms with van der Waals surface area (Å²) in [6.45, 7) is 3.18. The molecule has 94 valence electrons. The molecule has 0 aliphatic carbocycles. The summed E-state index contributed by atoms with van der Waals surface area (Å²) in [7, 11) is 0. The van der Waals surface area contributed by atoms with Gasteiger partial charge in [-0.25, -0.2) is 4.39 Å². The lowest BCUT2D eigenvalue weighted by Crippen LogP contribution is -2.25. The molecule has 1 heterocycles. The zero-order chi connectivity index (χ0) is 12.3. The second-order valence-corrected chi connectivity index (χ2v) is 6.53. The minimum absolute atomic E-state index is 0.194. The number of benzene rings is 1. The highest BCUT2D eigenvalue weighted by Gasteiger charge is 2.17. The van der Waals surface area contributed by atoms with Gasteiger partial charge in [-0.05, 0) is 55.0 Å². The van der Waals surface area contributed by atoms with Gasteiger partial charge in [0.05, 0.1) is 0 Å². The van der Waals surface area contributed by atoms with Crippen LogP contribution in [0.5, 0.6) is 0 Å². The van der Waals surface area contributed by atoms with Crippen LogP contribution in [0.25, 0.3) is 0 Å². The van der Waals surface area contributed by atoms with Crippen LogP contribution in [0.2, 0.25) is 0 Å². The standard InChI is InChI=1S/C13H17BrFNS/c1-9(16-7-10-4-5-17-8-10)12-3-2-11(15)6-13(12)14/h2-3,6,9-10,16H,4-5,7-8H2,1H3. The second-order valence-electron chi connectivity index (χ2n) is 4.53. The van der Waals surface area contributed by atoms with E-state index in [1.165, 1.54) is 30.1 Å². The maximum absolute atomic E-state index is 13.0. The molecule has 1 aliphatic heterocycles. The van der Waals surface area contributed by atoms with Crippen LogP contribution in [0.3, 0.4) is 0 Å². The SMILES string of the molecule is CC(NCC1CCSC1)c1ccc(F)cc1Br. The van der Waals surface area contributed by atoms with E-state index in [0.717, 1.165) is 22.5 Å². The van der Waals surface area contributed by atoms with Crippen molar-refractivity contribution in [1.29, 1.82) is 0 Å². The maximum atomic E-state index is 13.0. The van der Waals surface area contributed by atoms with Crippen molar-refractivity contribution in [1.82, 2.24) is 5.32 Å². The van der Waals surface area contributed by atoms with E-state index >= 15 is 0 Å². The Balaban J connectivity index is 1.91. The number of halogens is 2. The third-order valence-corrected chi connectivity index (χ3v) is 5.08. The van der Waals surface area contributed by atoms with Gasteiger partial charge in [0.15, 0.2) is 0 Å². The maximum Gasteiger partial charge on any atom is 0.124 e. The van der Waals surface area contributed by atoms with E-state index in [1.807, 2.05) is 17.8 Å². The fraction of sp³-hybridized carbons (Fsp3) is 0.538. The first kappa shape index (κ1) is 13.4. The highest BCUT2D eigenvalue weighted by atomic mass is 79.9. The van der Waals surface area contributed by atoms with Gasteiger partial charge in [-0.2, -0.15) is 11.8 Å². The Morgan fingerprint density at radius 3 is 3.06 bits per heavy atom. The van der Waals surface area contributed by atoms with Gasteiger partial charge < -0.3 is 5.32 Å². The van der Waals surface area contributed by atoms with Gasteiger partial charge in [0.25, 0.3) is 0 Å². The molecule has 1 saturated heterocycles. The summed E-state index contributed by atoms with van der Waals surface area (Å²) in [4.78, 5) is 0. The third kappa shape index (κ3) is 3.70. The van der Waals surface area contributed by atoms with Gasteiger partial charge in [-0.15, -0.1) is 0 Å². The molecule has 1 fully saturated rings.